The molecule has 0 spiro atoms. The lowest BCUT2D eigenvalue weighted by Crippen LogP contribution is -2.32. The molecule has 0 unspecified atom stereocenters. The van der Waals surface area contributed by atoms with Crippen LogP contribution in [0.1, 0.15) is 35.6 Å². The Kier molecular flexibility index (Phi) is 5.78. The van der Waals surface area contributed by atoms with Crippen molar-refractivity contribution >= 4 is 17.7 Å². The Balaban J connectivity index is 1.25. The standard InChI is InChI=1S/C24H25N3O4S/c1-15-10-16(2)12-18(11-15)23-25-26-24(31-23)32-14-22(28)27-7-3-4-19(27)17-5-6-20-21(13-17)30-9-8-29-20/h5-6,10-13,19H,3-4,7-9,14H2,1-2H3/t19-/m1/s1. The second kappa shape index (κ2) is 8.86. The Morgan fingerprint density at radius 2 is 1.84 bits per heavy atom. The normalized spacial score (nSPS) is 17.6. The highest BCUT2D eigenvalue weighted by Crippen LogP contribution is 2.38. The molecule has 0 bridgehead atoms. The molecule has 1 saturated heterocycles. The van der Waals surface area contributed by atoms with E-state index in [-0.39, 0.29) is 17.7 Å². The minimum Gasteiger partial charge on any atom is -0.486 e. The first-order chi connectivity index (χ1) is 15.6. The molecule has 5 rings (SSSR count). The van der Waals surface area contributed by atoms with Gasteiger partial charge in [-0.2, -0.15) is 0 Å². The average molecular weight is 452 g/mol. The molecule has 0 radical (unpaired) electrons. The third-order valence-electron chi connectivity index (χ3n) is 5.72. The Labute approximate surface area is 191 Å². The monoisotopic (exact) mass is 451 g/mol. The van der Waals surface area contributed by atoms with Gasteiger partial charge >= 0.3 is 0 Å². The highest BCUT2D eigenvalue weighted by Gasteiger charge is 2.31. The number of carbonyl (C=O) groups is 1. The molecule has 3 aromatic rings. The van der Waals surface area contributed by atoms with Gasteiger partial charge in [0.15, 0.2) is 11.5 Å². The van der Waals surface area contributed by atoms with E-state index < -0.39 is 0 Å². The lowest BCUT2D eigenvalue weighted by atomic mass is 10.0. The average Bonchev–Trinajstić information content (AvgIpc) is 3.46. The lowest BCUT2D eigenvalue weighted by Gasteiger charge is -2.26. The Morgan fingerprint density at radius 3 is 2.66 bits per heavy atom. The molecule has 0 aliphatic carbocycles. The van der Waals surface area contributed by atoms with Crippen LogP contribution in [0.15, 0.2) is 46.0 Å². The van der Waals surface area contributed by atoms with Gasteiger partial charge in [-0.1, -0.05) is 35.0 Å². The summed E-state index contributed by atoms with van der Waals surface area (Å²) < 4.78 is 17.1. The zero-order valence-electron chi connectivity index (χ0n) is 18.2. The molecule has 0 saturated carbocycles. The van der Waals surface area contributed by atoms with Crippen molar-refractivity contribution in [2.24, 2.45) is 0 Å². The zero-order valence-corrected chi connectivity index (χ0v) is 19.0. The maximum absolute atomic E-state index is 13.0. The van der Waals surface area contributed by atoms with Gasteiger partial charge in [-0.3, -0.25) is 4.79 Å². The predicted molar refractivity (Wildman–Crippen MR) is 121 cm³/mol. The number of thioether (sulfide) groups is 1. The molecule has 8 heteroatoms. The van der Waals surface area contributed by atoms with Crippen LogP contribution >= 0.6 is 11.8 Å². The largest absolute Gasteiger partial charge is 0.486 e. The van der Waals surface area contributed by atoms with Crippen molar-refractivity contribution in [3.05, 3.63) is 53.1 Å². The van der Waals surface area contributed by atoms with Crippen molar-refractivity contribution in [2.45, 2.75) is 38.0 Å². The fourth-order valence-electron chi connectivity index (χ4n) is 4.37. The van der Waals surface area contributed by atoms with Gasteiger partial charge in [-0.25, -0.2) is 0 Å². The Bertz CT molecular complexity index is 1130. The number of rotatable bonds is 5. The predicted octanol–water partition coefficient (Wildman–Crippen LogP) is 4.58. The number of hydrogen-bond acceptors (Lipinski definition) is 7. The minimum atomic E-state index is 0.0486. The van der Waals surface area contributed by atoms with E-state index in [4.69, 9.17) is 13.9 Å². The van der Waals surface area contributed by atoms with Gasteiger partial charge in [-0.15, -0.1) is 10.2 Å². The molecule has 32 heavy (non-hydrogen) atoms. The maximum atomic E-state index is 13.0. The molecule has 7 nitrogen and oxygen atoms in total. The zero-order chi connectivity index (χ0) is 22.1. The summed E-state index contributed by atoms with van der Waals surface area (Å²) in [5.74, 6) is 2.32. The van der Waals surface area contributed by atoms with Gasteiger partial charge in [-0.05, 0) is 56.5 Å². The molecule has 2 aliphatic rings. The van der Waals surface area contributed by atoms with E-state index in [1.165, 1.54) is 11.8 Å². The first kappa shape index (κ1) is 20.9. The lowest BCUT2D eigenvalue weighted by molar-refractivity contribution is -0.129. The van der Waals surface area contributed by atoms with Gasteiger partial charge < -0.3 is 18.8 Å². The third-order valence-corrected chi connectivity index (χ3v) is 6.52. The summed E-state index contributed by atoms with van der Waals surface area (Å²) in [4.78, 5) is 15.0. The second-order valence-electron chi connectivity index (χ2n) is 8.19. The summed E-state index contributed by atoms with van der Waals surface area (Å²) in [6.07, 6.45) is 1.92. The van der Waals surface area contributed by atoms with Gasteiger partial charge in [0.25, 0.3) is 5.22 Å². The van der Waals surface area contributed by atoms with Crippen LogP contribution in [0.4, 0.5) is 0 Å². The molecule has 1 atom stereocenters. The third kappa shape index (κ3) is 4.32. The van der Waals surface area contributed by atoms with Crippen molar-refractivity contribution in [1.29, 1.82) is 0 Å². The topological polar surface area (TPSA) is 77.7 Å². The van der Waals surface area contributed by atoms with E-state index in [9.17, 15) is 4.79 Å². The van der Waals surface area contributed by atoms with Crippen LogP contribution in [0, 0.1) is 13.8 Å². The summed E-state index contributed by atoms with van der Waals surface area (Å²) in [5, 5.41) is 8.69. The van der Waals surface area contributed by atoms with Crippen LogP contribution in [0.2, 0.25) is 0 Å². The van der Waals surface area contributed by atoms with Crippen LogP contribution < -0.4 is 9.47 Å². The summed E-state index contributed by atoms with van der Waals surface area (Å²) in [6.45, 7) is 5.94. The molecule has 1 amide bonds. The number of benzene rings is 2. The number of nitrogens with zero attached hydrogens (tertiary/aromatic N) is 3. The van der Waals surface area contributed by atoms with Crippen LogP contribution in [0.25, 0.3) is 11.5 Å². The van der Waals surface area contributed by atoms with Crippen LogP contribution in [-0.4, -0.2) is 46.5 Å². The molecule has 1 aromatic heterocycles. The maximum Gasteiger partial charge on any atom is 0.277 e. The summed E-state index contributed by atoms with van der Waals surface area (Å²) in [5.41, 5.74) is 4.26. The van der Waals surface area contributed by atoms with E-state index in [2.05, 4.69) is 16.3 Å². The first-order valence-corrected chi connectivity index (χ1v) is 11.8. The first-order valence-electron chi connectivity index (χ1n) is 10.8. The number of amides is 1. The quantitative estimate of drug-likeness (QED) is 0.526. The Hall–Kier alpha value is -3.00. The van der Waals surface area contributed by atoms with E-state index in [1.807, 2.05) is 49.1 Å². The summed E-state index contributed by atoms with van der Waals surface area (Å²) in [7, 11) is 0. The number of hydrogen-bond donors (Lipinski definition) is 0. The number of ether oxygens (including phenoxy) is 2. The highest BCUT2D eigenvalue weighted by atomic mass is 32.2. The fourth-order valence-corrected chi connectivity index (χ4v) is 5.02. The van der Waals surface area contributed by atoms with Crippen molar-refractivity contribution < 1.29 is 18.7 Å². The molecule has 1 fully saturated rings. The second-order valence-corrected chi connectivity index (χ2v) is 9.11. The van der Waals surface area contributed by atoms with Crippen LogP contribution in [0.3, 0.4) is 0 Å². The van der Waals surface area contributed by atoms with Gasteiger partial charge in [0, 0.05) is 12.1 Å². The van der Waals surface area contributed by atoms with E-state index >= 15 is 0 Å². The molecule has 2 aromatic carbocycles. The minimum absolute atomic E-state index is 0.0486. The number of likely N-dealkylation sites (tertiary alicyclic amines) is 1. The Morgan fingerprint density at radius 1 is 1.06 bits per heavy atom. The highest BCUT2D eigenvalue weighted by molar-refractivity contribution is 7.99. The van der Waals surface area contributed by atoms with Crippen LogP contribution in [-0.2, 0) is 4.79 Å². The van der Waals surface area contributed by atoms with Gasteiger partial charge in [0.2, 0.25) is 11.8 Å². The molecular weight excluding hydrogens is 426 g/mol. The molecule has 3 heterocycles. The smallest absolute Gasteiger partial charge is 0.277 e. The van der Waals surface area contributed by atoms with E-state index in [1.54, 1.807) is 0 Å². The van der Waals surface area contributed by atoms with Gasteiger partial charge in [0.05, 0.1) is 11.8 Å². The summed E-state index contributed by atoms with van der Waals surface area (Å²) >= 11 is 1.28. The fraction of sp³-hybridized carbons (Fsp3) is 0.375. The number of aryl methyl sites for hydroxylation is 2. The van der Waals surface area contributed by atoms with Gasteiger partial charge in [0.1, 0.15) is 13.2 Å². The van der Waals surface area contributed by atoms with Crippen molar-refractivity contribution in [3.8, 4) is 23.0 Å². The molecule has 2 aliphatic heterocycles. The molecular formula is C24H25N3O4S. The molecule has 166 valence electrons. The van der Waals surface area contributed by atoms with Crippen LogP contribution in [0.5, 0.6) is 11.5 Å². The number of fused-ring (bicyclic) bond motifs is 1. The van der Waals surface area contributed by atoms with Crippen molar-refractivity contribution in [1.82, 2.24) is 15.1 Å². The molecule has 0 N–H and O–H groups in total. The number of aromatic nitrogens is 2. The van der Waals surface area contributed by atoms with Crippen molar-refractivity contribution in [2.75, 3.05) is 25.5 Å². The summed E-state index contributed by atoms with van der Waals surface area (Å²) in [6, 6.07) is 12.2. The van der Waals surface area contributed by atoms with E-state index in [0.29, 0.717) is 24.3 Å². The SMILES string of the molecule is Cc1cc(C)cc(-c2nnc(SCC(=O)N3CCC[C@@H]3c3ccc4c(c3)OCCO4)o2)c1. The number of carbonyl (C=O) groups excluding carboxylic acids is 1. The van der Waals surface area contributed by atoms with E-state index in [0.717, 1.165) is 53.1 Å². The van der Waals surface area contributed by atoms with Crippen molar-refractivity contribution in [3.63, 3.8) is 0 Å².